The highest BCUT2D eigenvalue weighted by atomic mass is 16.2. The molecular formula is C33H53N5O6. The third-order valence-corrected chi connectivity index (χ3v) is 10.4. The Bertz CT molecular complexity index is 1060. The van der Waals surface area contributed by atoms with Gasteiger partial charge in [-0.2, -0.15) is 0 Å². The van der Waals surface area contributed by atoms with Crippen molar-refractivity contribution >= 4 is 35.3 Å². The van der Waals surface area contributed by atoms with Crippen LogP contribution in [0.2, 0.25) is 0 Å². The van der Waals surface area contributed by atoms with Gasteiger partial charge in [0.15, 0.2) is 5.78 Å². The van der Waals surface area contributed by atoms with E-state index >= 15 is 0 Å². The number of nitrogens with one attached hydrogen (secondary N) is 3. The number of nitrogens with zero attached hydrogens (tertiary/aromatic N) is 1. The first-order chi connectivity index (χ1) is 21.1. The van der Waals surface area contributed by atoms with Crippen LogP contribution in [-0.4, -0.2) is 70.9 Å². The fraction of sp³-hybridized carbons (Fsp3) is 0.818. The summed E-state index contributed by atoms with van der Waals surface area (Å²) < 4.78 is 0. The molecule has 0 aromatic rings. The number of carbonyl (C=O) groups excluding carboxylic acids is 6. The molecule has 0 bridgehead atoms. The summed E-state index contributed by atoms with van der Waals surface area (Å²) in [4.78, 5) is 80.2. The Morgan fingerprint density at radius 2 is 1.32 bits per heavy atom. The molecule has 5 atom stereocenters. The largest absolute Gasteiger partial charge is 0.363 e. The average molecular weight is 616 g/mol. The van der Waals surface area contributed by atoms with Crippen molar-refractivity contribution < 1.29 is 28.8 Å². The molecule has 5 N–H and O–H groups in total. The molecule has 4 unspecified atom stereocenters. The molecule has 4 rings (SSSR count). The van der Waals surface area contributed by atoms with Gasteiger partial charge in [-0.25, -0.2) is 4.79 Å². The van der Waals surface area contributed by atoms with Gasteiger partial charge in [-0.1, -0.05) is 58.8 Å². The Balaban J connectivity index is 1.48. The second kappa shape index (κ2) is 15.8. The number of carbonyl (C=O) groups is 6. The second-order valence-corrected chi connectivity index (χ2v) is 13.8. The van der Waals surface area contributed by atoms with E-state index < -0.39 is 47.8 Å². The first-order valence-electron chi connectivity index (χ1n) is 17.2. The molecule has 0 spiro atoms. The van der Waals surface area contributed by atoms with Crippen molar-refractivity contribution in [3.63, 3.8) is 0 Å². The molecule has 0 aromatic carbocycles. The Morgan fingerprint density at radius 1 is 0.750 bits per heavy atom. The van der Waals surface area contributed by atoms with Crippen molar-refractivity contribution in [3.8, 4) is 0 Å². The van der Waals surface area contributed by atoms with Gasteiger partial charge in [0.2, 0.25) is 17.6 Å². The Kier molecular flexibility index (Phi) is 12.2. The van der Waals surface area contributed by atoms with Crippen LogP contribution in [0.15, 0.2) is 0 Å². The standard InChI is InChI=1S/C33H53N5O6/c1-3-20(2)19-24(29(40)30(34)41)35-31(42)25-15-10-18-38(25)32(43)27(22-13-8-5-9-14-22)37-33(44)36-26(28(39)23-16-17-23)21-11-6-4-7-12-21/h20-27H,3-19H2,1-2H3,(H2,34,41)(H,35,42)(H2,36,37,44)/t20?,24?,25-,26?,27?/m0/s1. The predicted octanol–water partition coefficient (Wildman–Crippen LogP) is 3.13. The number of likely N-dealkylation sites (tertiary alicyclic amines) is 1. The van der Waals surface area contributed by atoms with Crippen LogP contribution < -0.4 is 21.7 Å². The van der Waals surface area contributed by atoms with E-state index in [1.54, 1.807) is 0 Å². The minimum absolute atomic E-state index is 0.0208. The summed E-state index contributed by atoms with van der Waals surface area (Å²) in [5.41, 5.74) is 5.28. The SMILES string of the molecule is CCC(C)CC(NC(=O)[C@@H]1CCCN1C(=O)C(NC(=O)NC(C(=O)C1CC1)C1CCCCC1)C1CCCCC1)C(=O)C(N)=O. The van der Waals surface area contributed by atoms with Crippen LogP contribution >= 0.6 is 0 Å². The number of ketones is 2. The summed E-state index contributed by atoms with van der Waals surface area (Å²) in [5.74, 6) is -2.50. The molecule has 246 valence electrons. The van der Waals surface area contributed by atoms with Crippen LogP contribution in [0.25, 0.3) is 0 Å². The molecule has 0 aromatic heterocycles. The van der Waals surface area contributed by atoms with Crippen molar-refractivity contribution in [1.29, 1.82) is 0 Å². The van der Waals surface area contributed by atoms with Gasteiger partial charge < -0.3 is 26.6 Å². The van der Waals surface area contributed by atoms with Crippen molar-refractivity contribution in [1.82, 2.24) is 20.9 Å². The number of primary amides is 1. The number of Topliss-reactive ketones (excluding diaryl/α,β-unsaturated/α-hetero) is 2. The van der Waals surface area contributed by atoms with Crippen LogP contribution in [0.5, 0.6) is 0 Å². The van der Waals surface area contributed by atoms with Crippen LogP contribution in [0, 0.1) is 23.7 Å². The zero-order valence-electron chi connectivity index (χ0n) is 26.6. The van der Waals surface area contributed by atoms with Crippen molar-refractivity contribution in [2.75, 3.05) is 6.54 Å². The number of urea groups is 1. The molecule has 44 heavy (non-hydrogen) atoms. The first-order valence-corrected chi connectivity index (χ1v) is 17.2. The first kappa shape index (κ1) is 33.9. The summed E-state index contributed by atoms with van der Waals surface area (Å²) in [6.45, 7) is 4.25. The van der Waals surface area contributed by atoms with E-state index in [1.807, 2.05) is 13.8 Å². The monoisotopic (exact) mass is 615 g/mol. The van der Waals surface area contributed by atoms with E-state index in [2.05, 4.69) is 16.0 Å². The van der Waals surface area contributed by atoms with Crippen LogP contribution in [-0.2, 0) is 24.0 Å². The fourth-order valence-electron chi connectivity index (χ4n) is 7.41. The summed E-state index contributed by atoms with van der Waals surface area (Å²) in [7, 11) is 0. The molecule has 11 heteroatoms. The van der Waals surface area contributed by atoms with E-state index in [0.29, 0.717) is 19.4 Å². The van der Waals surface area contributed by atoms with Gasteiger partial charge in [-0.15, -0.1) is 0 Å². The quantitative estimate of drug-likeness (QED) is 0.219. The normalized spacial score (nSPS) is 24.0. The second-order valence-electron chi connectivity index (χ2n) is 13.8. The highest BCUT2D eigenvalue weighted by Gasteiger charge is 2.43. The molecule has 1 saturated heterocycles. The Morgan fingerprint density at radius 3 is 1.86 bits per heavy atom. The van der Waals surface area contributed by atoms with Crippen molar-refractivity contribution in [3.05, 3.63) is 0 Å². The third-order valence-electron chi connectivity index (χ3n) is 10.4. The van der Waals surface area contributed by atoms with E-state index in [-0.39, 0.29) is 41.8 Å². The van der Waals surface area contributed by atoms with Crippen LogP contribution in [0.4, 0.5) is 4.79 Å². The molecule has 0 radical (unpaired) electrons. The number of amides is 5. The lowest BCUT2D eigenvalue weighted by atomic mass is 9.81. The predicted molar refractivity (Wildman–Crippen MR) is 165 cm³/mol. The molecule has 1 heterocycles. The van der Waals surface area contributed by atoms with Gasteiger partial charge >= 0.3 is 6.03 Å². The molecule has 1 aliphatic heterocycles. The van der Waals surface area contributed by atoms with E-state index in [1.165, 1.54) is 4.90 Å². The lowest BCUT2D eigenvalue weighted by Crippen LogP contribution is -2.60. The summed E-state index contributed by atoms with van der Waals surface area (Å²) >= 11 is 0. The van der Waals surface area contributed by atoms with Gasteiger partial charge in [0.1, 0.15) is 12.1 Å². The number of hydrogen-bond donors (Lipinski definition) is 4. The fourth-order valence-corrected chi connectivity index (χ4v) is 7.41. The minimum atomic E-state index is -1.10. The summed E-state index contributed by atoms with van der Waals surface area (Å²) in [5, 5.41) is 8.69. The topological polar surface area (TPSA) is 168 Å². The van der Waals surface area contributed by atoms with Gasteiger partial charge in [0.25, 0.3) is 5.91 Å². The molecule has 4 aliphatic rings. The van der Waals surface area contributed by atoms with Gasteiger partial charge in [-0.05, 0) is 75.5 Å². The van der Waals surface area contributed by atoms with Crippen molar-refractivity contribution in [2.45, 2.75) is 141 Å². The van der Waals surface area contributed by atoms with Gasteiger partial charge in [0, 0.05) is 12.5 Å². The molecular weight excluding hydrogens is 562 g/mol. The molecule has 3 aliphatic carbocycles. The Labute approximate surface area is 261 Å². The number of hydrogen-bond acceptors (Lipinski definition) is 6. The highest BCUT2D eigenvalue weighted by molar-refractivity contribution is 6.37. The maximum atomic E-state index is 14.2. The summed E-state index contributed by atoms with van der Waals surface area (Å²) in [6.07, 6.45) is 13.4. The zero-order chi connectivity index (χ0) is 31.8. The smallest absolute Gasteiger partial charge is 0.316 e. The maximum absolute atomic E-state index is 14.2. The third kappa shape index (κ3) is 8.81. The highest BCUT2D eigenvalue weighted by Crippen LogP contribution is 2.36. The molecule has 11 nitrogen and oxygen atoms in total. The van der Waals surface area contributed by atoms with Crippen LogP contribution in [0.3, 0.4) is 0 Å². The lowest BCUT2D eigenvalue weighted by molar-refractivity contribution is -0.143. The van der Waals surface area contributed by atoms with E-state index in [9.17, 15) is 28.8 Å². The van der Waals surface area contributed by atoms with Gasteiger partial charge in [0.05, 0.1) is 12.1 Å². The van der Waals surface area contributed by atoms with Crippen molar-refractivity contribution in [2.24, 2.45) is 29.4 Å². The zero-order valence-corrected chi connectivity index (χ0v) is 26.6. The molecule has 3 saturated carbocycles. The molecule has 4 fully saturated rings. The lowest BCUT2D eigenvalue weighted by Gasteiger charge is -2.36. The maximum Gasteiger partial charge on any atom is 0.316 e. The van der Waals surface area contributed by atoms with E-state index in [4.69, 9.17) is 5.73 Å². The van der Waals surface area contributed by atoms with E-state index in [0.717, 1.165) is 83.5 Å². The summed E-state index contributed by atoms with van der Waals surface area (Å²) in [6, 6.07) is -3.73. The van der Waals surface area contributed by atoms with Crippen LogP contribution in [0.1, 0.15) is 117 Å². The number of rotatable bonds is 14. The Hall–Kier alpha value is -2.98. The average Bonchev–Trinajstić information content (AvgIpc) is 3.77. The number of nitrogens with two attached hydrogens (primary N) is 1. The van der Waals surface area contributed by atoms with Gasteiger partial charge in [-0.3, -0.25) is 24.0 Å². The minimum Gasteiger partial charge on any atom is -0.363 e. The molecule has 5 amide bonds.